The molecule has 1 amide bonds. The van der Waals surface area contributed by atoms with Crippen molar-refractivity contribution < 1.29 is 9.90 Å². The Morgan fingerprint density at radius 3 is 2.35 bits per heavy atom. The van der Waals surface area contributed by atoms with Gasteiger partial charge in [0, 0.05) is 19.6 Å². The van der Waals surface area contributed by atoms with Gasteiger partial charge < -0.3 is 10.0 Å². The number of aliphatic hydroxyl groups excluding tert-OH is 1. The van der Waals surface area contributed by atoms with E-state index in [-0.39, 0.29) is 12.0 Å². The van der Waals surface area contributed by atoms with Crippen molar-refractivity contribution in [1.82, 2.24) is 9.80 Å². The molecule has 0 aromatic heterocycles. The molecule has 0 bridgehead atoms. The Morgan fingerprint density at radius 2 is 1.75 bits per heavy atom. The molecule has 0 radical (unpaired) electrons. The zero-order valence-corrected chi connectivity index (χ0v) is 12.9. The molecular weight excluding hydrogens is 252 g/mol. The van der Waals surface area contributed by atoms with Gasteiger partial charge in [0.05, 0.1) is 12.6 Å². The molecule has 0 aromatic rings. The first-order valence-electron chi connectivity index (χ1n) is 8.31. The molecule has 1 aliphatic carbocycles. The van der Waals surface area contributed by atoms with Crippen molar-refractivity contribution >= 4 is 5.91 Å². The summed E-state index contributed by atoms with van der Waals surface area (Å²) in [6.07, 6.45) is 9.13. The summed E-state index contributed by atoms with van der Waals surface area (Å²) >= 11 is 0. The van der Waals surface area contributed by atoms with E-state index in [1.807, 2.05) is 11.9 Å². The summed E-state index contributed by atoms with van der Waals surface area (Å²) < 4.78 is 0. The van der Waals surface area contributed by atoms with Crippen molar-refractivity contribution in [2.75, 3.05) is 33.2 Å². The first kappa shape index (κ1) is 15.8. The third-order valence-corrected chi connectivity index (χ3v) is 4.78. The minimum absolute atomic E-state index is 0.158. The maximum atomic E-state index is 12.4. The highest BCUT2D eigenvalue weighted by Crippen LogP contribution is 2.25. The average molecular weight is 282 g/mol. The summed E-state index contributed by atoms with van der Waals surface area (Å²) in [5.74, 6) is 0.627. The third-order valence-electron chi connectivity index (χ3n) is 4.78. The third kappa shape index (κ3) is 4.74. The van der Waals surface area contributed by atoms with Gasteiger partial charge in [-0.05, 0) is 38.6 Å². The van der Waals surface area contributed by atoms with Crippen molar-refractivity contribution in [3.05, 3.63) is 0 Å². The second kappa shape index (κ2) is 7.99. The number of hydrogen-bond donors (Lipinski definition) is 1. The van der Waals surface area contributed by atoms with E-state index in [4.69, 9.17) is 0 Å². The molecule has 1 saturated heterocycles. The molecule has 116 valence electrons. The maximum Gasteiger partial charge on any atom is 0.236 e. The van der Waals surface area contributed by atoms with E-state index in [0.717, 1.165) is 51.7 Å². The molecule has 1 heterocycles. The van der Waals surface area contributed by atoms with E-state index >= 15 is 0 Å². The Labute approximate surface area is 123 Å². The van der Waals surface area contributed by atoms with Gasteiger partial charge in [-0.15, -0.1) is 0 Å². The van der Waals surface area contributed by atoms with Crippen LogP contribution in [0.3, 0.4) is 0 Å². The van der Waals surface area contributed by atoms with Gasteiger partial charge in [0.2, 0.25) is 5.91 Å². The fourth-order valence-electron chi connectivity index (χ4n) is 3.52. The van der Waals surface area contributed by atoms with Gasteiger partial charge >= 0.3 is 0 Å². The number of nitrogens with zero attached hydrogens (tertiary/aromatic N) is 2. The minimum atomic E-state index is -0.158. The lowest BCUT2D eigenvalue weighted by atomic mass is 10.1. The number of carbonyl (C=O) groups excluding carboxylic acids is 1. The van der Waals surface area contributed by atoms with Crippen LogP contribution in [0.25, 0.3) is 0 Å². The highest BCUT2D eigenvalue weighted by molar-refractivity contribution is 5.78. The largest absolute Gasteiger partial charge is 0.393 e. The van der Waals surface area contributed by atoms with Crippen LogP contribution in [0.4, 0.5) is 0 Å². The van der Waals surface area contributed by atoms with Gasteiger partial charge in [0.25, 0.3) is 0 Å². The fourth-order valence-corrected chi connectivity index (χ4v) is 3.52. The van der Waals surface area contributed by atoms with E-state index in [1.54, 1.807) is 0 Å². The first-order chi connectivity index (χ1) is 9.66. The molecule has 0 aromatic carbocycles. The van der Waals surface area contributed by atoms with Gasteiger partial charge in [-0.2, -0.15) is 0 Å². The van der Waals surface area contributed by atoms with Crippen molar-refractivity contribution in [1.29, 1.82) is 0 Å². The van der Waals surface area contributed by atoms with Crippen LogP contribution in [0, 0.1) is 5.92 Å². The predicted molar refractivity (Wildman–Crippen MR) is 80.5 cm³/mol. The van der Waals surface area contributed by atoms with Crippen molar-refractivity contribution in [2.24, 2.45) is 5.92 Å². The normalized spacial score (nSPS) is 28.4. The summed E-state index contributed by atoms with van der Waals surface area (Å²) in [7, 11) is 2.01. The monoisotopic (exact) mass is 282 g/mol. The number of likely N-dealkylation sites (tertiary alicyclic amines) is 1. The van der Waals surface area contributed by atoms with Crippen LogP contribution < -0.4 is 0 Å². The van der Waals surface area contributed by atoms with Gasteiger partial charge in [-0.3, -0.25) is 9.69 Å². The van der Waals surface area contributed by atoms with Crippen LogP contribution in [0.1, 0.15) is 51.4 Å². The Kier molecular flexibility index (Phi) is 6.30. The first-order valence-corrected chi connectivity index (χ1v) is 8.31. The van der Waals surface area contributed by atoms with Gasteiger partial charge in [0.15, 0.2) is 0 Å². The van der Waals surface area contributed by atoms with Crippen LogP contribution >= 0.6 is 0 Å². The molecular formula is C16H30N2O2. The fraction of sp³-hybridized carbons (Fsp3) is 0.938. The molecule has 2 rings (SSSR count). The van der Waals surface area contributed by atoms with E-state index < -0.39 is 0 Å². The smallest absolute Gasteiger partial charge is 0.236 e. The lowest BCUT2D eigenvalue weighted by molar-refractivity contribution is -0.132. The lowest BCUT2D eigenvalue weighted by Gasteiger charge is -2.28. The Hall–Kier alpha value is -0.610. The molecule has 20 heavy (non-hydrogen) atoms. The molecule has 2 unspecified atom stereocenters. The van der Waals surface area contributed by atoms with Crippen LogP contribution in [0.2, 0.25) is 0 Å². The second-order valence-electron chi connectivity index (χ2n) is 6.60. The average Bonchev–Trinajstić information content (AvgIpc) is 2.74. The van der Waals surface area contributed by atoms with Crippen LogP contribution in [-0.2, 0) is 4.79 Å². The van der Waals surface area contributed by atoms with E-state index in [0.29, 0.717) is 12.5 Å². The van der Waals surface area contributed by atoms with Gasteiger partial charge in [-0.25, -0.2) is 0 Å². The van der Waals surface area contributed by atoms with Crippen molar-refractivity contribution in [3.63, 3.8) is 0 Å². The van der Waals surface area contributed by atoms with Crippen LogP contribution in [0.5, 0.6) is 0 Å². The summed E-state index contributed by atoms with van der Waals surface area (Å²) in [5.41, 5.74) is 0. The predicted octanol–water partition coefficient (Wildman–Crippen LogP) is 1.87. The van der Waals surface area contributed by atoms with E-state index in [1.165, 1.54) is 19.3 Å². The summed E-state index contributed by atoms with van der Waals surface area (Å²) in [6, 6.07) is 0. The minimum Gasteiger partial charge on any atom is -0.393 e. The van der Waals surface area contributed by atoms with Crippen LogP contribution in [-0.4, -0.2) is 60.1 Å². The van der Waals surface area contributed by atoms with Gasteiger partial charge in [0.1, 0.15) is 0 Å². The molecule has 2 fully saturated rings. The second-order valence-corrected chi connectivity index (χ2v) is 6.60. The Morgan fingerprint density at radius 1 is 1.10 bits per heavy atom. The summed E-state index contributed by atoms with van der Waals surface area (Å²) in [6.45, 7) is 3.21. The van der Waals surface area contributed by atoms with Crippen molar-refractivity contribution in [2.45, 2.75) is 57.5 Å². The van der Waals surface area contributed by atoms with E-state index in [2.05, 4.69) is 4.90 Å². The highest BCUT2D eigenvalue weighted by Gasteiger charge is 2.27. The molecule has 4 nitrogen and oxygen atoms in total. The number of rotatable bonds is 4. The number of carbonyl (C=O) groups is 1. The summed E-state index contributed by atoms with van der Waals surface area (Å²) in [4.78, 5) is 16.5. The SMILES string of the molecule is CN(CC(=O)N1CCCCCCC1)CC1CCCC1O. The van der Waals surface area contributed by atoms with Crippen LogP contribution in [0.15, 0.2) is 0 Å². The number of amides is 1. The Bertz CT molecular complexity index is 301. The van der Waals surface area contributed by atoms with Crippen molar-refractivity contribution in [3.8, 4) is 0 Å². The van der Waals surface area contributed by atoms with E-state index in [9.17, 15) is 9.90 Å². The molecule has 2 atom stereocenters. The highest BCUT2D eigenvalue weighted by atomic mass is 16.3. The lowest BCUT2D eigenvalue weighted by Crippen LogP contribution is -2.42. The topological polar surface area (TPSA) is 43.8 Å². The number of aliphatic hydroxyl groups is 1. The molecule has 1 N–H and O–H groups in total. The molecule has 1 aliphatic heterocycles. The molecule has 4 heteroatoms. The maximum absolute atomic E-state index is 12.4. The zero-order chi connectivity index (χ0) is 14.4. The standard InChI is InChI=1S/C16H30N2O2/c1-17(12-14-8-7-9-15(14)19)13-16(20)18-10-5-3-2-4-6-11-18/h14-15,19H,2-13H2,1H3. The zero-order valence-electron chi connectivity index (χ0n) is 12.9. The molecule has 0 spiro atoms. The molecule has 2 aliphatic rings. The van der Waals surface area contributed by atoms with Gasteiger partial charge in [-0.1, -0.05) is 25.7 Å². The summed E-state index contributed by atoms with van der Waals surface area (Å²) in [5, 5.41) is 9.87. The number of hydrogen-bond acceptors (Lipinski definition) is 3. The molecule has 1 saturated carbocycles. The quantitative estimate of drug-likeness (QED) is 0.856. The number of likely N-dealkylation sites (N-methyl/N-ethyl adjacent to an activating group) is 1. The Balaban J connectivity index is 1.74.